The summed E-state index contributed by atoms with van der Waals surface area (Å²) < 4.78 is 13.9. The van der Waals surface area contributed by atoms with E-state index in [-0.39, 0.29) is 11.7 Å². The summed E-state index contributed by atoms with van der Waals surface area (Å²) in [6.45, 7) is 0. The number of fused-ring (bicyclic) bond motifs is 3. The summed E-state index contributed by atoms with van der Waals surface area (Å²) in [7, 11) is 0. The summed E-state index contributed by atoms with van der Waals surface area (Å²) in [4.78, 5) is 0. The third kappa shape index (κ3) is 1.26. The van der Waals surface area contributed by atoms with Gasteiger partial charge < -0.3 is 5.11 Å². The summed E-state index contributed by atoms with van der Waals surface area (Å²) in [6.07, 6.45) is 5.08. The molecule has 4 unspecified atom stereocenters. The summed E-state index contributed by atoms with van der Waals surface area (Å²) in [5.41, 5.74) is -0.562. The molecule has 20 heavy (non-hydrogen) atoms. The van der Waals surface area contributed by atoms with Crippen molar-refractivity contribution in [2.45, 2.75) is 44.1 Å². The van der Waals surface area contributed by atoms with Crippen LogP contribution in [0.25, 0.3) is 0 Å². The Kier molecular flexibility index (Phi) is 2.36. The van der Waals surface area contributed by atoms with E-state index < -0.39 is 11.0 Å². The van der Waals surface area contributed by atoms with Crippen LogP contribution >= 0.6 is 0 Å². The Hall–Kier alpha value is -1.40. The van der Waals surface area contributed by atoms with Crippen molar-refractivity contribution >= 4 is 0 Å². The molecule has 0 amide bonds. The van der Waals surface area contributed by atoms with Crippen molar-refractivity contribution in [1.82, 2.24) is 0 Å². The molecule has 2 saturated carbocycles. The minimum atomic E-state index is -1.15. The van der Waals surface area contributed by atoms with E-state index in [2.05, 4.69) is 6.07 Å². The first-order chi connectivity index (χ1) is 9.61. The number of rotatable bonds is 1. The maximum absolute atomic E-state index is 13.9. The van der Waals surface area contributed by atoms with E-state index in [0.29, 0.717) is 29.9 Å². The Bertz CT molecular complexity index is 622. The number of aliphatic hydroxyl groups is 1. The number of halogens is 1. The van der Waals surface area contributed by atoms with Gasteiger partial charge in [0, 0.05) is 0 Å². The molecule has 3 heteroatoms. The monoisotopic (exact) mass is 271 g/mol. The maximum atomic E-state index is 13.9. The smallest absolute Gasteiger partial charge is 0.126 e. The van der Waals surface area contributed by atoms with E-state index >= 15 is 0 Å². The van der Waals surface area contributed by atoms with Gasteiger partial charge in [0.15, 0.2) is 0 Å². The van der Waals surface area contributed by atoms with Crippen LogP contribution in [0.15, 0.2) is 18.2 Å². The lowest BCUT2D eigenvalue weighted by atomic mass is 9.61. The van der Waals surface area contributed by atoms with E-state index in [0.717, 1.165) is 19.3 Å². The van der Waals surface area contributed by atoms with Crippen LogP contribution in [0.4, 0.5) is 4.39 Å². The number of nitriles is 1. The van der Waals surface area contributed by atoms with Gasteiger partial charge in [-0.05, 0) is 61.1 Å². The molecule has 0 aromatic heterocycles. The van der Waals surface area contributed by atoms with Crippen molar-refractivity contribution < 1.29 is 9.50 Å². The van der Waals surface area contributed by atoms with E-state index in [1.54, 1.807) is 6.07 Å². The first-order valence-electron chi connectivity index (χ1n) is 7.52. The molecule has 0 saturated heterocycles. The number of hydrogen-bond donors (Lipinski definition) is 1. The molecular formula is C17H18FNO. The Morgan fingerprint density at radius 3 is 2.85 bits per heavy atom. The van der Waals surface area contributed by atoms with Gasteiger partial charge in [0.1, 0.15) is 11.4 Å². The van der Waals surface area contributed by atoms with Crippen LogP contribution in [0.3, 0.4) is 0 Å². The second-order valence-electron chi connectivity index (χ2n) is 6.79. The van der Waals surface area contributed by atoms with Crippen LogP contribution in [0, 0.1) is 34.4 Å². The first kappa shape index (κ1) is 12.3. The molecular weight excluding hydrogens is 253 g/mol. The minimum absolute atomic E-state index is 0.241. The molecule has 0 heterocycles. The lowest BCUT2D eigenvalue weighted by Crippen LogP contribution is -2.47. The standard InChI is InChI=1S/C17H18FNO/c18-15-3-1-2-14-13(15)6-7-17(14,20)16(10-19)9-11-4-5-12(16)8-11/h1-3,11-12,20H,4-9H2. The van der Waals surface area contributed by atoms with Gasteiger partial charge in [0.05, 0.1) is 11.5 Å². The fourth-order valence-electron chi connectivity index (χ4n) is 5.17. The normalized spacial score (nSPS) is 41.6. The predicted molar refractivity (Wildman–Crippen MR) is 72.1 cm³/mol. The maximum Gasteiger partial charge on any atom is 0.126 e. The van der Waals surface area contributed by atoms with Crippen molar-refractivity contribution in [1.29, 1.82) is 5.26 Å². The Morgan fingerprint density at radius 2 is 2.20 bits per heavy atom. The van der Waals surface area contributed by atoms with Crippen LogP contribution in [-0.4, -0.2) is 5.11 Å². The van der Waals surface area contributed by atoms with E-state index in [9.17, 15) is 14.8 Å². The molecule has 1 aromatic rings. The largest absolute Gasteiger partial charge is 0.383 e. The van der Waals surface area contributed by atoms with Gasteiger partial charge in [-0.25, -0.2) is 4.39 Å². The van der Waals surface area contributed by atoms with Crippen LogP contribution in [0.1, 0.15) is 43.2 Å². The second-order valence-corrected chi connectivity index (χ2v) is 6.79. The molecule has 0 spiro atoms. The number of hydrogen-bond acceptors (Lipinski definition) is 2. The van der Waals surface area contributed by atoms with Crippen molar-refractivity contribution in [2.24, 2.45) is 17.3 Å². The van der Waals surface area contributed by atoms with Gasteiger partial charge in [-0.2, -0.15) is 5.26 Å². The highest BCUT2D eigenvalue weighted by atomic mass is 19.1. The van der Waals surface area contributed by atoms with E-state index in [1.165, 1.54) is 12.5 Å². The molecule has 3 aliphatic carbocycles. The molecule has 0 radical (unpaired) electrons. The van der Waals surface area contributed by atoms with Crippen LogP contribution in [0.2, 0.25) is 0 Å². The third-order valence-electron chi connectivity index (χ3n) is 6.09. The summed E-state index contributed by atoms with van der Waals surface area (Å²) >= 11 is 0. The third-order valence-corrected chi connectivity index (χ3v) is 6.09. The Morgan fingerprint density at radius 1 is 1.35 bits per heavy atom. The minimum Gasteiger partial charge on any atom is -0.383 e. The highest BCUT2D eigenvalue weighted by molar-refractivity contribution is 5.43. The van der Waals surface area contributed by atoms with Crippen LogP contribution in [0.5, 0.6) is 0 Å². The predicted octanol–water partition coefficient (Wildman–Crippen LogP) is 3.29. The summed E-state index contributed by atoms with van der Waals surface area (Å²) in [5, 5.41) is 21.2. The molecule has 1 aromatic carbocycles. The highest BCUT2D eigenvalue weighted by Gasteiger charge is 2.64. The zero-order valence-corrected chi connectivity index (χ0v) is 11.4. The van der Waals surface area contributed by atoms with Gasteiger partial charge >= 0.3 is 0 Å². The molecule has 104 valence electrons. The first-order valence-corrected chi connectivity index (χ1v) is 7.52. The number of benzene rings is 1. The van der Waals surface area contributed by atoms with Crippen molar-refractivity contribution in [3.05, 3.63) is 35.1 Å². The quantitative estimate of drug-likeness (QED) is 0.851. The number of nitrogens with zero attached hydrogens (tertiary/aromatic N) is 1. The Balaban J connectivity index is 1.88. The molecule has 2 nitrogen and oxygen atoms in total. The van der Waals surface area contributed by atoms with Gasteiger partial charge in [-0.3, -0.25) is 0 Å². The molecule has 2 bridgehead atoms. The van der Waals surface area contributed by atoms with Gasteiger partial charge in [0.25, 0.3) is 0 Å². The average molecular weight is 271 g/mol. The van der Waals surface area contributed by atoms with E-state index in [4.69, 9.17) is 0 Å². The zero-order valence-electron chi connectivity index (χ0n) is 11.4. The van der Waals surface area contributed by atoms with Crippen LogP contribution < -0.4 is 0 Å². The van der Waals surface area contributed by atoms with Crippen molar-refractivity contribution in [2.75, 3.05) is 0 Å². The fraction of sp³-hybridized carbons (Fsp3) is 0.588. The SMILES string of the molecule is N#CC1(C2(O)CCc3c(F)cccc32)CC2CCC1C2. The second kappa shape index (κ2) is 3.83. The van der Waals surface area contributed by atoms with Gasteiger partial charge in [-0.15, -0.1) is 0 Å². The van der Waals surface area contributed by atoms with Crippen molar-refractivity contribution in [3.8, 4) is 6.07 Å². The lowest BCUT2D eigenvalue weighted by molar-refractivity contribution is -0.0869. The van der Waals surface area contributed by atoms with E-state index in [1.807, 2.05) is 6.07 Å². The summed E-state index contributed by atoms with van der Waals surface area (Å²) in [5.74, 6) is 0.604. The van der Waals surface area contributed by atoms with Crippen LogP contribution in [-0.2, 0) is 12.0 Å². The zero-order chi connectivity index (χ0) is 14.0. The topological polar surface area (TPSA) is 44.0 Å². The molecule has 4 atom stereocenters. The lowest BCUT2D eigenvalue weighted by Gasteiger charge is -2.44. The van der Waals surface area contributed by atoms with Crippen molar-refractivity contribution in [3.63, 3.8) is 0 Å². The molecule has 3 aliphatic rings. The Labute approximate surface area is 118 Å². The molecule has 2 fully saturated rings. The fourth-order valence-corrected chi connectivity index (χ4v) is 5.17. The summed E-state index contributed by atoms with van der Waals surface area (Å²) in [6, 6.07) is 7.40. The van der Waals surface area contributed by atoms with Gasteiger partial charge in [-0.1, -0.05) is 18.6 Å². The molecule has 4 rings (SSSR count). The average Bonchev–Trinajstić information content (AvgIpc) is 3.14. The molecule has 1 N–H and O–H groups in total. The van der Waals surface area contributed by atoms with Gasteiger partial charge in [0.2, 0.25) is 0 Å². The molecule has 0 aliphatic heterocycles. The highest BCUT2D eigenvalue weighted by Crippen LogP contribution is 2.65.